The van der Waals surface area contributed by atoms with Gasteiger partial charge in [-0.1, -0.05) is 15.9 Å². The second kappa shape index (κ2) is 6.88. The lowest BCUT2D eigenvalue weighted by atomic mass is 10.00. The highest BCUT2D eigenvalue weighted by Crippen LogP contribution is 2.29. The molecule has 1 aliphatic rings. The van der Waals surface area contributed by atoms with Gasteiger partial charge in [0.2, 0.25) is 0 Å². The van der Waals surface area contributed by atoms with E-state index in [1.807, 2.05) is 0 Å². The van der Waals surface area contributed by atoms with Gasteiger partial charge in [0.05, 0.1) is 6.61 Å². The fourth-order valence-corrected chi connectivity index (χ4v) is 2.76. The minimum atomic E-state index is -0.228. The standard InChI is InChI=1S/C10H19BrO5/c1-12-5-6-7(13-2)8(14-3)9(15-4)10(11)16-6/h6-10H,5H2,1-4H3/t6-,7-,8+,9-,10+/m1/s1. The largest absolute Gasteiger partial charge is 0.382 e. The summed E-state index contributed by atoms with van der Waals surface area (Å²) in [6, 6.07) is 0. The van der Waals surface area contributed by atoms with E-state index in [4.69, 9.17) is 23.7 Å². The summed E-state index contributed by atoms with van der Waals surface area (Å²) in [5.74, 6) is 0. The van der Waals surface area contributed by atoms with Crippen LogP contribution >= 0.6 is 15.9 Å². The lowest BCUT2D eigenvalue weighted by Gasteiger charge is -2.42. The van der Waals surface area contributed by atoms with Crippen LogP contribution < -0.4 is 0 Å². The predicted octanol–water partition coefficient (Wildman–Crippen LogP) is 0.798. The second-order valence-electron chi connectivity index (χ2n) is 3.58. The van der Waals surface area contributed by atoms with Crippen LogP contribution in [-0.4, -0.2) is 64.5 Å². The molecular formula is C10H19BrO5. The van der Waals surface area contributed by atoms with E-state index in [2.05, 4.69) is 15.9 Å². The average molecular weight is 299 g/mol. The molecule has 0 aromatic heterocycles. The molecule has 1 saturated heterocycles. The SMILES string of the molecule is COC[C@H]1O[C@H](Br)[C@H](OC)[C@@H](OC)[C@@H]1OC. The smallest absolute Gasteiger partial charge is 0.141 e. The summed E-state index contributed by atoms with van der Waals surface area (Å²) in [6.45, 7) is 0.455. The minimum Gasteiger partial charge on any atom is -0.382 e. The van der Waals surface area contributed by atoms with E-state index < -0.39 is 0 Å². The van der Waals surface area contributed by atoms with Crippen molar-refractivity contribution in [1.29, 1.82) is 0 Å². The van der Waals surface area contributed by atoms with Crippen LogP contribution in [0.3, 0.4) is 0 Å². The molecule has 1 aliphatic heterocycles. The zero-order chi connectivity index (χ0) is 12.1. The molecule has 0 aromatic carbocycles. The second-order valence-corrected chi connectivity index (χ2v) is 4.48. The molecule has 96 valence electrons. The Morgan fingerprint density at radius 2 is 1.50 bits per heavy atom. The molecule has 5 nitrogen and oxygen atoms in total. The van der Waals surface area contributed by atoms with Crippen molar-refractivity contribution in [3.05, 3.63) is 0 Å². The van der Waals surface area contributed by atoms with E-state index in [0.717, 1.165) is 0 Å². The zero-order valence-corrected chi connectivity index (χ0v) is 11.6. The molecule has 0 spiro atoms. The summed E-state index contributed by atoms with van der Waals surface area (Å²) in [5, 5.41) is -0.228. The third-order valence-corrected chi connectivity index (χ3v) is 3.46. The van der Waals surface area contributed by atoms with E-state index >= 15 is 0 Å². The first-order valence-corrected chi connectivity index (χ1v) is 5.98. The van der Waals surface area contributed by atoms with Gasteiger partial charge in [-0.3, -0.25) is 0 Å². The summed E-state index contributed by atoms with van der Waals surface area (Å²) in [7, 11) is 6.52. The third-order valence-electron chi connectivity index (χ3n) is 2.72. The van der Waals surface area contributed by atoms with E-state index in [1.54, 1.807) is 28.4 Å². The number of hydrogen-bond acceptors (Lipinski definition) is 5. The quantitative estimate of drug-likeness (QED) is 0.703. The highest BCUT2D eigenvalue weighted by atomic mass is 79.9. The zero-order valence-electron chi connectivity index (χ0n) is 10.0. The molecule has 0 N–H and O–H groups in total. The van der Waals surface area contributed by atoms with Crippen LogP contribution in [-0.2, 0) is 23.7 Å². The van der Waals surface area contributed by atoms with E-state index in [0.29, 0.717) is 6.61 Å². The number of halogens is 1. The van der Waals surface area contributed by atoms with Crippen molar-refractivity contribution in [2.24, 2.45) is 0 Å². The van der Waals surface area contributed by atoms with Gasteiger partial charge in [0.15, 0.2) is 0 Å². The summed E-state index contributed by atoms with van der Waals surface area (Å²) in [4.78, 5) is 0. The molecule has 16 heavy (non-hydrogen) atoms. The first-order chi connectivity index (χ1) is 7.69. The van der Waals surface area contributed by atoms with Gasteiger partial charge in [-0.2, -0.15) is 0 Å². The molecule has 0 saturated carbocycles. The Labute approximate surface area is 104 Å². The molecule has 0 aromatic rings. The van der Waals surface area contributed by atoms with Crippen molar-refractivity contribution in [2.45, 2.75) is 29.4 Å². The van der Waals surface area contributed by atoms with Gasteiger partial charge < -0.3 is 23.7 Å². The summed E-state index contributed by atoms with van der Waals surface area (Å²) < 4.78 is 27.0. The topological polar surface area (TPSA) is 46.2 Å². The third kappa shape index (κ3) is 2.94. The highest BCUT2D eigenvalue weighted by Gasteiger charge is 2.45. The molecule has 0 amide bonds. The van der Waals surface area contributed by atoms with Crippen molar-refractivity contribution >= 4 is 15.9 Å². The van der Waals surface area contributed by atoms with Crippen LogP contribution in [0.1, 0.15) is 0 Å². The van der Waals surface area contributed by atoms with Gasteiger partial charge in [-0.05, 0) is 0 Å². The van der Waals surface area contributed by atoms with Gasteiger partial charge in [0.1, 0.15) is 29.4 Å². The molecule has 5 atom stereocenters. The monoisotopic (exact) mass is 298 g/mol. The summed E-state index contributed by atoms with van der Waals surface area (Å²) in [5.41, 5.74) is 0. The van der Waals surface area contributed by atoms with Crippen LogP contribution in [0, 0.1) is 0 Å². The van der Waals surface area contributed by atoms with Crippen LogP contribution in [0.2, 0.25) is 0 Å². The van der Waals surface area contributed by atoms with Gasteiger partial charge in [0.25, 0.3) is 0 Å². The van der Waals surface area contributed by atoms with Gasteiger partial charge in [-0.25, -0.2) is 0 Å². The normalized spacial score (nSPS) is 39.9. The average Bonchev–Trinajstić information content (AvgIpc) is 2.28. The Hall–Kier alpha value is 0.280. The Morgan fingerprint density at radius 1 is 0.938 bits per heavy atom. The molecular weight excluding hydrogens is 280 g/mol. The van der Waals surface area contributed by atoms with Gasteiger partial charge in [0, 0.05) is 28.4 Å². The molecule has 0 aliphatic carbocycles. The predicted molar refractivity (Wildman–Crippen MR) is 61.9 cm³/mol. The fourth-order valence-electron chi connectivity index (χ4n) is 1.96. The highest BCUT2D eigenvalue weighted by molar-refractivity contribution is 9.09. The number of ether oxygens (including phenoxy) is 5. The van der Waals surface area contributed by atoms with Crippen LogP contribution in [0.4, 0.5) is 0 Å². The van der Waals surface area contributed by atoms with Crippen molar-refractivity contribution in [3.63, 3.8) is 0 Å². The molecule has 0 bridgehead atoms. The van der Waals surface area contributed by atoms with Crippen molar-refractivity contribution in [1.82, 2.24) is 0 Å². The van der Waals surface area contributed by atoms with Crippen molar-refractivity contribution < 1.29 is 23.7 Å². The summed E-state index contributed by atoms with van der Waals surface area (Å²) in [6.07, 6.45) is -0.768. The Bertz CT molecular complexity index is 204. The number of methoxy groups -OCH3 is 4. The molecule has 0 radical (unpaired) electrons. The van der Waals surface area contributed by atoms with Crippen LogP contribution in [0.15, 0.2) is 0 Å². The first kappa shape index (κ1) is 14.3. The number of alkyl halides is 1. The maximum Gasteiger partial charge on any atom is 0.141 e. The van der Waals surface area contributed by atoms with Crippen LogP contribution in [0.25, 0.3) is 0 Å². The summed E-state index contributed by atoms with van der Waals surface area (Å²) >= 11 is 3.42. The maximum atomic E-state index is 5.73. The maximum absolute atomic E-state index is 5.73. The van der Waals surface area contributed by atoms with Gasteiger partial charge >= 0.3 is 0 Å². The van der Waals surface area contributed by atoms with E-state index in [-0.39, 0.29) is 29.4 Å². The Morgan fingerprint density at radius 3 is 1.94 bits per heavy atom. The lowest BCUT2D eigenvalue weighted by Crippen LogP contribution is -2.59. The molecule has 6 heteroatoms. The van der Waals surface area contributed by atoms with Crippen molar-refractivity contribution in [3.8, 4) is 0 Å². The van der Waals surface area contributed by atoms with E-state index in [1.165, 1.54) is 0 Å². The molecule has 0 unspecified atom stereocenters. The number of hydrogen-bond donors (Lipinski definition) is 0. The molecule has 1 fully saturated rings. The minimum absolute atomic E-state index is 0.171. The lowest BCUT2D eigenvalue weighted by molar-refractivity contribution is -0.227. The fraction of sp³-hybridized carbons (Fsp3) is 1.00. The molecule has 1 heterocycles. The number of rotatable bonds is 5. The van der Waals surface area contributed by atoms with E-state index in [9.17, 15) is 0 Å². The first-order valence-electron chi connectivity index (χ1n) is 5.06. The van der Waals surface area contributed by atoms with Crippen LogP contribution in [0.5, 0.6) is 0 Å². The van der Waals surface area contributed by atoms with Gasteiger partial charge in [-0.15, -0.1) is 0 Å². The molecule has 1 rings (SSSR count). The Balaban J connectivity index is 2.78. The Kier molecular flexibility index (Phi) is 6.17. The van der Waals surface area contributed by atoms with Crippen molar-refractivity contribution in [2.75, 3.05) is 35.0 Å².